The van der Waals surface area contributed by atoms with Crippen molar-refractivity contribution in [1.29, 1.82) is 0 Å². The van der Waals surface area contributed by atoms with Crippen LogP contribution in [0.4, 0.5) is 17.6 Å². The highest BCUT2D eigenvalue weighted by Crippen LogP contribution is 2.32. The van der Waals surface area contributed by atoms with Crippen LogP contribution in [-0.4, -0.2) is 34.4 Å². The first-order chi connectivity index (χ1) is 18.2. The first-order valence-electron chi connectivity index (χ1n) is 11.9. The Balaban J connectivity index is 1.39. The number of rotatable bonds is 6. The van der Waals surface area contributed by atoms with Crippen molar-refractivity contribution in [2.45, 2.75) is 25.6 Å². The highest BCUT2D eigenvalue weighted by atomic mass is 19.4. The van der Waals surface area contributed by atoms with Gasteiger partial charge in [-0.1, -0.05) is 12.1 Å². The maximum atomic E-state index is 13.9. The third-order valence-corrected chi connectivity index (χ3v) is 6.50. The Labute approximate surface area is 216 Å². The van der Waals surface area contributed by atoms with Crippen molar-refractivity contribution in [3.05, 3.63) is 112 Å². The minimum absolute atomic E-state index is 0.0833. The molecule has 4 aromatic rings. The molecule has 0 atom stereocenters. The van der Waals surface area contributed by atoms with Gasteiger partial charge < -0.3 is 9.64 Å². The van der Waals surface area contributed by atoms with Crippen LogP contribution in [0.25, 0.3) is 11.4 Å². The van der Waals surface area contributed by atoms with E-state index in [9.17, 15) is 22.4 Å². The van der Waals surface area contributed by atoms with Crippen molar-refractivity contribution < 1.29 is 27.1 Å². The van der Waals surface area contributed by atoms with E-state index in [0.717, 1.165) is 29.0 Å². The fraction of sp³-hybridized carbons (Fsp3) is 0.207. The Morgan fingerprint density at radius 1 is 0.921 bits per heavy atom. The third-order valence-electron chi connectivity index (χ3n) is 6.50. The lowest BCUT2D eigenvalue weighted by Gasteiger charge is -2.29. The number of benzene rings is 2. The lowest BCUT2D eigenvalue weighted by atomic mass is 9.95. The fourth-order valence-electron chi connectivity index (χ4n) is 4.65. The van der Waals surface area contributed by atoms with Gasteiger partial charge in [-0.05, 0) is 83.6 Å². The normalized spacial score (nSPS) is 13.4. The topological polar surface area (TPSA) is 55.3 Å². The molecule has 5 rings (SSSR count). The number of fused-ring (bicyclic) bond motifs is 1. The quantitative estimate of drug-likeness (QED) is 0.288. The Morgan fingerprint density at radius 3 is 2.42 bits per heavy atom. The van der Waals surface area contributed by atoms with Crippen LogP contribution in [0.2, 0.25) is 0 Å². The van der Waals surface area contributed by atoms with Crippen LogP contribution in [0.15, 0.2) is 73.1 Å². The summed E-state index contributed by atoms with van der Waals surface area (Å²) in [6.07, 6.45) is -0.887. The van der Waals surface area contributed by atoms with E-state index in [-0.39, 0.29) is 17.9 Å². The van der Waals surface area contributed by atoms with Crippen molar-refractivity contribution in [3.8, 4) is 17.1 Å². The number of methoxy groups -OCH3 is 1. The summed E-state index contributed by atoms with van der Waals surface area (Å²) in [5.74, 6) is -0.311. The standard InChI is InChI=1S/C29H23F4N3O2/c1-38-23-4-2-18(3-5-23)17-36-11-8-24-25(28(36)37)7-10-35-27(24)26-15-19(6-9-34-26)12-20-13-21(29(31,32)33)16-22(30)14-20/h2-7,9-10,13-16H,8,11-12,17H2,1H3. The minimum Gasteiger partial charge on any atom is -0.497 e. The summed E-state index contributed by atoms with van der Waals surface area (Å²) < 4.78 is 58.4. The van der Waals surface area contributed by atoms with Gasteiger partial charge in [-0.15, -0.1) is 0 Å². The Bertz CT molecular complexity index is 1490. The average molecular weight is 522 g/mol. The summed E-state index contributed by atoms with van der Waals surface area (Å²) in [6.45, 7) is 0.959. The van der Waals surface area contributed by atoms with Crippen LogP contribution in [-0.2, 0) is 25.6 Å². The average Bonchev–Trinajstić information content (AvgIpc) is 2.90. The van der Waals surface area contributed by atoms with Crippen LogP contribution in [0.3, 0.4) is 0 Å². The molecule has 0 bridgehead atoms. The Hall–Kier alpha value is -4.27. The SMILES string of the molecule is COc1ccc(CN2CCc3c(ccnc3-c3cc(Cc4cc(F)cc(C(F)(F)F)c4)ccn3)C2=O)cc1. The van der Waals surface area contributed by atoms with E-state index >= 15 is 0 Å². The molecule has 9 heteroatoms. The summed E-state index contributed by atoms with van der Waals surface area (Å²) in [4.78, 5) is 24.0. The molecule has 1 amide bonds. The van der Waals surface area contributed by atoms with E-state index < -0.39 is 17.6 Å². The zero-order valence-electron chi connectivity index (χ0n) is 20.4. The second-order valence-electron chi connectivity index (χ2n) is 9.08. The zero-order chi connectivity index (χ0) is 26.9. The van der Waals surface area contributed by atoms with Crippen LogP contribution in [0.1, 0.15) is 38.2 Å². The van der Waals surface area contributed by atoms with E-state index in [1.165, 1.54) is 6.20 Å². The molecule has 0 saturated heterocycles. The lowest BCUT2D eigenvalue weighted by Crippen LogP contribution is -2.37. The molecule has 194 valence electrons. The van der Waals surface area contributed by atoms with Gasteiger partial charge in [0, 0.05) is 31.0 Å². The van der Waals surface area contributed by atoms with Gasteiger partial charge in [0.1, 0.15) is 11.6 Å². The smallest absolute Gasteiger partial charge is 0.416 e. The minimum atomic E-state index is -4.64. The third kappa shape index (κ3) is 5.37. The van der Waals surface area contributed by atoms with Gasteiger partial charge in [0.05, 0.1) is 24.1 Å². The van der Waals surface area contributed by atoms with Crippen LogP contribution in [0, 0.1) is 5.82 Å². The molecule has 0 unspecified atom stereocenters. The molecular weight excluding hydrogens is 498 g/mol. The van der Waals surface area contributed by atoms with Gasteiger partial charge in [0.2, 0.25) is 0 Å². The summed E-state index contributed by atoms with van der Waals surface area (Å²) in [6, 6.07) is 15.1. The van der Waals surface area contributed by atoms with Crippen molar-refractivity contribution >= 4 is 5.91 Å². The van der Waals surface area contributed by atoms with Crippen LogP contribution >= 0.6 is 0 Å². The molecule has 2 aromatic carbocycles. The number of hydrogen-bond acceptors (Lipinski definition) is 4. The molecule has 1 aliphatic rings. The van der Waals surface area contributed by atoms with Gasteiger partial charge in [-0.3, -0.25) is 14.8 Å². The Morgan fingerprint density at radius 2 is 1.68 bits per heavy atom. The van der Waals surface area contributed by atoms with Gasteiger partial charge in [-0.25, -0.2) is 4.39 Å². The largest absolute Gasteiger partial charge is 0.497 e. The van der Waals surface area contributed by atoms with E-state index in [0.29, 0.717) is 48.1 Å². The van der Waals surface area contributed by atoms with E-state index in [1.807, 2.05) is 24.3 Å². The number of carbonyl (C=O) groups excluding carboxylic acids is 1. The molecule has 38 heavy (non-hydrogen) atoms. The first kappa shape index (κ1) is 25.4. The summed E-state index contributed by atoms with van der Waals surface area (Å²) in [5, 5.41) is 0. The molecule has 0 fully saturated rings. The molecule has 1 aliphatic heterocycles. The molecule has 3 heterocycles. The number of carbonyl (C=O) groups is 1. The number of halogens is 4. The number of amides is 1. The number of aromatic nitrogens is 2. The van der Waals surface area contributed by atoms with Crippen molar-refractivity contribution in [1.82, 2.24) is 14.9 Å². The van der Waals surface area contributed by atoms with Crippen molar-refractivity contribution in [2.24, 2.45) is 0 Å². The number of ether oxygens (including phenoxy) is 1. The number of pyridine rings is 2. The molecular formula is C29H23F4N3O2. The maximum absolute atomic E-state index is 13.9. The highest BCUT2D eigenvalue weighted by molar-refractivity contribution is 5.98. The predicted molar refractivity (Wildman–Crippen MR) is 133 cm³/mol. The first-order valence-corrected chi connectivity index (χ1v) is 11.9. The molecule has 5 nitrogen and oxygen atoms in total. The summed E-state index contributed by atoms with van der Waals surface area (Å²) in [7, 11) is 1.60. The monoisotopic (exact) mass is 521 g/mol. The summed E-state index contributed by atoms with van der Waals surface area (Å²) in [5.41, 5.74) is 3.18. The second-order valence-corrected chi connectivity index (χ2v) is 9.08. The second kappa shape index (κ2) is 10.2. The highest BCUT2D eigenvalue weighted by Gasteiger charge is 2.31. The van der Waals surface area contributed by atoms with Crippen LogP contribution < -0.4 is 4.74 Å². The molecule has 0 saturated carbocycles. The number of nitrogens with zero attached hydrogens (tertiary/aromatic N) is 3. The fourth-order valence-corrected chi connectivity index (χ4v) is 4.65. The van der Waals surface area contributed by atoms with Gasteiger partial charge in [-0.2, -0.15) is 13.2 Å². The van der Waals surface area contributed by atoms with Gasteiger partial charge >= 0.3 is 6.18 Å². The van der Waals surface area contributed by atoms with Crippen LogP contribution in [0.5, 0.6) is 5.75 Å². The molecule has 0 aliphatic carbocycles. The van der Waals surface area contributed by atoms with Crippen molar-refractivity contribution in [3.63, 3.8) is 0 Å². The van der Waals surface area contributed by atoms with E-state index in [2.05, 4.69) is 9.97 Å². The van der Waals surface area contributed by atoms with Gasteiger partial charge in [0.15, 0.2) is 0 Å². The zero-order valence-corrected chi connectivity index (χ0v) is 20.4. The maximum Gasteiger partial charge on any atom is 0.416 e. The van der Waals surface area contributed by atoms with E-state index in [4.69, 9.17) is 4.74 Å². The summed E-state index contributed by atoms with van der Waals surface area (Å²) >= 11 is 0. The molecule has 2 aromatic heterocycles. The number of hydrogen-bond donors (Lipinski definition) is 0. The predicted octanol–water partition coefficient (Wildman–Crippen LogP) is 6.10. The Kier molecular flexibility index (Phi) is 6.84. The molecule has 0 spiro atoms. The lowest BCUT2D eigenvalue weighted by molar-refractivity contribution is -0.137. The van der Waals surface area contributed by atoms with Gasteiger partial charge in [0.25, 0.3) is 5.91 Å². The molecule has 0 N–H and O–H groups in total. The van der Waals surface area contributed by atoms with E-state index in [1.54, 1.807) is 36.4 Å². The number of alkyl halides is 3. The van der Waals surface area contributed by atoms with Crippen molar-refractivity contribution in [2.75, 3.05) is 13.7 Å². The molecule has 0 radical (unpaired) electrons.